The van der Waals surface area contributed by atoms with Crippen LogP contribution in [0, 0.1) is 0 Å². The smallest absolute Gasteiger partial charge is 0.145 e. The van der Waals surface area contributed by atoms with E-state index in [-0.39, 0.29) is 6.10 Å². The lowest BCUT2D eigenvalue weighted by atomic mass is 10.00. The van der Waals surface area contributed by atoms with Crippen molar-refractivity contribution in [2.45, 2.75) is 63.6 Å². The molecule has 20 heavy (non-hydrogen) atoms. The van der Waals surface area contributed by atoms with Gasteiger partial charge >= 0.3 is 0 Å². The Morgan fingerprint density at radius 3 is 2.65 bits per heavy atom. The number of hydrazine groups is 1. The number of aliphatic hydroxyl groups excluding tert-OH is 1. The minimum absolute atomic E-state index is 0.159. The number of rotatable bonds is 4. The predicted octanol–water partition coefficient (Wildman–Crippen LogP) is 1.21. The van der Waals surface area contributed by atoms with Crippen molar-refractivity contribution in [3.8, 4) is 0 Å². The molecule has 2 bridgehead atoms. The van der Waals surface area contributed by atoms with Crippen molar-refractivity contribution in [2.24, 2.45) is 5.84 Å². The van der Waals surface area contributed by atoms with Gasteiger partial charge in [-0.15, -0.1) is 0 Å². The average Bonchev–Trinajstić information content (AvgIpc) is 2.71. The first kappa shape index (κ1) is 13.6. The lowest BCUT2D eigenvalue weighted by molar-refractivity contribution is 0.126. The van der Waals surface area contributed by atoms with Crippen LogP contribution in [-0.4, -0.2) is 33.3 Å². The number of fused-ring (bicyclic) bond motifs is 2. The van der Waals surface area contributed by atoms with E-state index in [0.29, 0.717) is 17.9 Å². The molecule has 2 aliphatic rings. The van der Waals surface area contributed by atoms with Crippen LogP contribution in [0.1, 0.15) is 44.9 Å². The van der Waals surface area contributed by atoms with E-state index < -0.39 is 0 Å². The number of aryl methyl sites for hydroxylation is 1. The van der Waals surface area contributed by atoms with E-state index in [1.807, 2.05) is 6.07 Å². The van der Waals surface area contributed by atoms with E-state index in [1.54, 1.807) is 0 Å². The topological polar surface area (TPSA) is 87.3 Å². The normalized spacial score (nSPS) is 28.8. The maximum absolute atomic E-state index is 9.90. The summed E-state index contributed by atoms with van der Waals surface area (Å²) in [6.45, 7) is 2.12. The second-order valence-electron chi connectivity index (χ2n) is 5.84. The molecule has 1 aromatic heterocycles. The van der Waals surface area contributed by atoms with Crippen molar-refractivity contribution >= 4 is 11.6 Å². The molecule has 0 amide bonds. The van der Waals surface area contributed by atoms with Crippen LogP contribution in [0.3, 0.4) is 0 Å². The van der Waals surface area contributed by atoms with Gasteiger partial charge in [-0.1, -0.05) is 6.92 Å². The third-order valence-electron chi connectivity index (χ3n) is 4.35. The number of aliphatic hydroxyl groups is 1. The molecule has 6 nitrogen and oxygen atoms in total. The molecule has 110 valence electrons. The summed E-state index contributed by atoms with van der Waals surface area (Å²) in [6, 6.07) is 2.72. The van der Waals surface area contributed by atoms with Crippen LogP contribution in [0.2, 0.25) is 0 Å². The molecule has 3 rings (SSSR count). The summed E-state index contributed by atoms with van der Waals surface area (Å²) in [5.41, 5.74) is 2.64. The summed E-state index contributed by atoms with van der Waals surface area (Å²) in [4.78, 5) is 11.5. The van der Waals surface area contributed by atoms with Crippen LogP contribution < -0.4 is 16.2 Å². The van der Waals surface area contributed by atoms with Crippen molar-refractivity contribution < 1.29 is 5.11 Å². The van der Waals surface area contributed by atoms with E-state index in [2.05, 4.69) is 22.2 Å². The molecule has 2 aliphatic heterocycles. The van der Waals surface area contributed by atoms with Crippen molar-refractivity contribution in [1.82, 2.24) is 9.97 Å². The molecule has 0 aromatic carbocycles. The summed E-state index contributed by atoms with van der Waals surface area (Å²) in [5, 5.41) is 9.90. The zero-order valence-corrected chi connectivity index (χ0v) is 11.9. The number of anilines is 2. The molecule has 2 unspecified atom stereocenters. The minimum Gasteiger partial charge on any atom is -0.393 e. The first-order valence-corrected chi connectivity index (χ1v) is 7.52. The summed E-state index contributed by atoms with van der Waals surface area (Å²) in [6.07, 6.45) is 5.67. The van der Waals surface area contributed by atoms with Gasteiger partial charge in [0.15, 0.2) is 0 Å². The molecule has 6 heteroatoms. The summed E-state index contributed by atoms with van der Waals surface area (Å²) >= 11 is 0. The largest absolute Gasteiger partial charge is 0.393 e. The fourth-order valence-corrected chi connectivity index (χ4v) is 3.55. The van der Waals surface area contributed by atoms with Crippen LogP contribution in [0.25, 0.3) is 0 Å². The van der Waals surface area contributed by atoms with E-state index in [9.17, 15) is 5.11 Å². The Morgan fingerprint density at radius 1 is 1.35 bits per heavy atom. The monoisotopic (exact) mass is 277 g/mol. The maximum atomic E-state index is 9.90. The van der Waals surface area contributed by atoms with Crippen molar-refractivity contribution in [1.29, 1.82) is 0 Å². The number of nitrogens with two attached hydrogens (primary N) is 1. The van der Waals surface area contributed by atoms with Gasteiger partial charge in [-0.25, -0.2) is 15.8 Å². The minimum atomic E-state index is -0.159. The third-order valence-corrected chi connectivity index (χ3v) is 4.35. The number of nitrogen functional groups attached to an aromatic ring is 1. The van der Waals surface area contributed by atoms with Crippen LogP contribution in [0.5, 0.6) is 0 Å². The zero-order valence-electron chi connectivity index (χ0n) is 11.9. The standard InChI is InChI=1S/C14H23N5O/c1-2-3-12-16-13(18-15)8-14(17-12)19-9-4-5-10(19)7-11(20)6-9/h8-11,20H,2-7,15H2,1H3,(H,16,17,18). The molecule has 1 aromatic rings. The van der Waals surface area contributed by atoms with Gasteiger partial charge in [0, 0.05) is 24.6 Å². The molecular formula is C14H23N5O. The first-order chi connectivity index (χ1) is 9.71. The Balaban J connectivity index is 1.91. The molecule has 0 aliphatic carbocycles. The highest BCUT2D eigenvalue weighted by Gasteiger charge is 2.41. The van der Waals surface area contributed by atoms with Gasteiger partial charge in [0.25, 0.3) is 0 Å². The molecule has 0 saturated carbocycles. The highest BCUT2D eigenvalue weighted by Crippen LogP contribution is 2.39. The van der Waals surface area contributed by atoms with Gasteiger partial charge in [0.2, 0.25) is 0 Å². The van der Waals surface area contributed by atoms with Crippen LogP contribution in [-0.2, 0) is 6.42 Å². The lowest BCUT2D eigenvalue weighted by Gasteiger charge is -2.38. The van der Waals surface area contributed by atoms with Crippen LogP contribution >= 0.6 is 0 Å². The lowest BCUT2D eigenvalue weighted by Crippen LogP contribution is -2.45. The van der Waals surface area contributed by atoms with Crippen molar-refractivity contribution in [2.75, 3.05) is 10.3 Å². The summed E-state index contributed by atoms with van der Waals surface area (Å²) < 4.78 is 0. The second kappa shape index (κ2) is 5.54. The zero-order chi connectivity index (χ0) is 14.1. The van der Waals surface area contributed by atoms with Crippen molar-refractivity contribution in [3.05, 3.63) is 11.9 Å². The Hall–Kier alpha value is -1.40. The third kappa shape index (κ3) is 2.45. The fraction of sp³-hybridized carbons (Fsp3) is 0.714. The highest BCUT2D eigenvalue weighted by atomic mass is 16.3. The molecule has 0 radical (unpaired) electrons. The number of nitrogens with one attached hydrogen (secondary N) is 1. The Morgan fingerprint density at radius 2 is 2.05 bits per heavy atom. The van der Waals surface area contributed by atoms with Crippen molar-refractivity contribution in [3.63, 3.8) is 0 Å². The van der Waals surface area contributed by atoms with E-state index in [1.165, 1.54) is 0 Å². The van der Waals surface area contributed by atoms with Crippen LogP contribution in [0.15, 0.2) is 6.07 Å². The molecule has 2 saturated heterocycles. The van der Waals surface area contributed by atoms with Gasteiger partial charge in [-0.3, -0.25) is 0 Å². The van der Waals surface area contributed by atoms with E-state index in [4.69, 9.17) is 10.8 Å². The summed E-state index contributed by atoms with van der Waals surface area (Å²) in [7, 11) is 0. The van der Waals surface area contributed by atoms with E-state index >= 15 is 0 Å². The predicted molar refractivity (Wildman–Crippen MR) is 78.4 cm³/mol. The van der Waals surface area contributed by atoms with Gasteiger partial charge in [0.1, 0.15) is 17.5 Å². The second-order valence-corrected chi connectivity index (χ2v) is 5.84. The molecule has 0 spiro atoms. The first-order valence-electron chi connectivity index (χ1n) is 7.52. The quantitative estimate of drug-likeness (QED) is 0.566. The number of hydrogen-bond acceptors (Lipinski definition) is 6. The number of nitrogens with zero attached hydrogens (tertiary/aromatic N) is 3. The average molecular weight is 277 g/mol. The Bertz CT molecular complexity index is 467. The molecule has 4 N–H and O–H groups in total. The Labute approximate surface area is 119 Å². The number of hydrogen-bond donors (Lipinski definition) is 3. The van der Waals surface area contributed by atoms with Gasteiger partial charge in [-0.05, 0) is 32.1 Å². The van der Waals surface area contributed by atoms with Crippen LogP contribution in [0.4, 0.5) is 11.6 Å². The molecule has 2 fully saturated rings. The maximum Gasteiger partial charge on any atom is 0.145 e. The molecule has 2 atom stereocenters. The number of piperidine rings is 1. The van der Waals surface area contributed by atoms with Gasteiger partial charge in [-0.2, -0.15) is 0 Å². The van der Waals surface area contributed by atoms with Gasteiger partial charge < -0.3 is 15.4 Å². The molecule has 3 heterocycles. The highest BCUT2D eigenvalue weighted by molar-refractivity contribution is 5.51. The van der Waals surface area contributed by atoms with E-state index in [0.717, 1.165) is 50.2 Å². The Kier molecular flexibility index (Phi) is 3.76. The van der Waals surface area contributed by atoms with Gasteiger partial charge in [0.05, 0.1) is 6.10 Å². The molecular weight excluding hydrogens is 254 g/mol. The SMILES string of the molecule is CCCc1nc(NN)cc(N2C3CCC2CC(O)C3)n1. The fourth-order valence-electron chi connectivity index (χ4n) is 3.55. The summed E-state index contributed by atoms with van der Waals surface area (Å²) in [5.74, 6) is 7.98. The number of aromatic nitrogens is 2.